The zero-order chi connectivity index (χ0) is 60.8. The molecule has 4 aromatic rings. The Balaban J connectivity index is 0.000000549. The van der Waals surface area contributed by atoms with Crippen molar-refractivity contribution in [2.45, 2.75) is 185 Å². The summed E-state index contributed by atoms with van der Waals surface area (Å²) in [4.78, 5) is 44.8. The van der Waals surface area contributed by atoms with E-state index < -0.39 is 23.9 Å². The fraction of sp³-hybridized carbons (Fsp3) is 0.438. The quantitative estimate of drug-likeness (QED) is 0.0205. The Morgan fingerprint density at radius 1 is 0.375 bits per heavy atom. The first-order chi connectivity index (χ1) is 37.7. The molecule has 0 spiro atoms. The van der Waals surface area contributed by atoms with Crippen LogP contribution in [0.5, 0.6) is 46.0 Å². The van der Waals surface area contributed by atoms with Crippen LogP contribution in [0.4, 0.5) is 0 Å². The van der Waals surface area contributed by atoms with E-state index in [1.165, 1.54) is 35.4 Å². The van der Waals surface area contributed by atoms with Crippen LogP contribution >= 0.6 is 0 Å². The topological polar surface area (TPSA) is 311 Å². The van der Waals surface area contributed by atoms with Crippen LogP contribution in [0.25, 0.3) is 0 Å². The van der Waals surface area contributed by atoms with Gasteiger partial charge in [-0.15, -0.1) is 0 Å². The second kappa shape index (κ2) is 36.3. The Labute approximate surface area is 472 Å². The minimum Gasteiger partial charge on any atom is -0.508 e. The molecular weight excluding hydrogens is 1020 g/mol. The molecule has 0 aliphatic carbocycles. The van der Waals surface area contributed by atoms with Gasteiger partial charge in [0.15, 0.2) is 0 Å². The molecule has 16 nitrogen and oxygen atoms in total. The smallest absolute Gasteiger partial charge is 0.339 e. The standard InChI is InChI=1S/C22H32O4.C20H28O4.C12H16O4.C10H12O4/c1-5-6-7-11-17-14-19(23)18(21(24)20(17)22(25)26)13-12-16(4)10-8-9-15(2)3;1-5-7-15-12-17(21)16(19(22)18(15)20(23)24)11-10-14(4)9-6-8-13(2)3;1-2-3-4-5-8-6-9(13)7-10(14)11(8)12(15)16;1-2-3-6-4-7(11)5-8(12)9(6)10(13)14/h9,12,14,23-24H,5-8,10-11,13H2,1-4H3,(H,25,26);8,10,12,21-22H,5-7,9,11H2,1-4H3,(H,23,24);6-7,13-14H,2-5H2,1H3,(H,15,16);4-5,11-12H,2-3H2,1H3,(H,13,14)/b16-12+;14-10+;;. The average Bonchev–Trinajstić information content (AvgIpc) is 3.35. The summed E-state index contributed by atoms with van der Waals surface area (Å²) in [6.45, 7) is 20.2. The molecule has 0 bridgehead atoms. The van der Waals surface area contributed by atoms with E-state index in [1.54, 1.807) is 0 Å². The van der Waals surface area contributed by atoms with Crippen molar-refractivity contribution in [1.29, 1.82) is 0 Å². The minimum atomic E-state index is -1.18. The van der Waals surface area contributed by atoms with Gasteiger partial charge in [0.25, 0.3) is 0 Å². The number of allylic oxidation sites excluding steroid dienone is 8. The Bertz CT molecular complexity index is 2820. The first kappa shape index (κ1) is 70.1. The Hall–Kier alpha value is -7.88. The fourth-order valence-electron chi connectivity index (χ4n) is 8.60. The molecule has 80 heavy (non-hydrogen) atoms. The van der Waals surface area contributed by atoms with Crippen molar-refractivity contribution in [1.82, 2.24) is 0 Å². The highest BCUT2D eigenvalue weighted by atomic mass is 16.4. The SMILES string of the molecule is CCCCCc1cc(O)c(C/C=C(\C)CCC=C(C)C)c(O)c1C(=O)O.CCCCCc1cc(O)cc(O)c1C(=O)O.CCCc1cc(O)c(C/C=C(\C)CCC=C(C)C)c(O)c1C(=O)O.CCCc1cc(O)cc(O)c1C(=O)O. The van der Waals surface area contributed by atoms with Crippen molar-refractivity contribution in [3.05, 3.63) is 139 Å². The Morgan fingerprint density at radius 2 is 0.688 bits per heavy atom. The van der Waals surface area contributed by atoms with Crippen molar-refractivity contribution in [3.63, 3.8) is 0 Å². The molecule has 0 fully saturated rings. The number of aromatic carboxylic acids is 4. The van der Waals surface area contributed by atoms with Crippen molar-refractivity contribution in [3.8, 4) is 46.0 Å². The van der Waals surface area contributed by atoms with Gasteiger partial charge in [-0.05, 0) is 165 Å². The monoisotopic (exact) mass is 1110 g/mol. The number of phenolic OH excluding ortho intramolecular Hbond substituents is 4. The van der Waals surface area contributed by atoms with Gasteiger partial charge in [0, 0.05) is 23.3 Å². The van der Waals surface area contributed by atoms with E-state index in [-0.39, 0.29) is 79.4 Å². The molecule has 0 amide bonds. The van der Waals surface area contributed by atoms with Crippen LogP contribution in [0.3, 0.4) is 0 Å². The van der Waals surface area contributed by atoms with Gasteiger partial charge in [-0.3, -0.25) is 0 Å². The van der Waals surface area contributed by atoms with E-state index >= 15 is 0 Å². The molecule has 0 saturated heterocycles. The predicted molar refractivity (Wildman–Crippen MR) is 314 cm³/mol. The number of rotatable bonds is 26. The molecule has 0 aliphatic rings. The second-order valence-corrected chi connectivity index (χ2v) is 20.3. The number of aromatic hydroxyl groups is 8. The number of carbonyl (C=O) groups is 4. The van der Waals surface area contributed by atoms with E-state index in [0.717, 1.165) is 100 Å². The molecule has 4 aromatic carbocycles. The van der Waals surface area contributed by atoms with Gasteiger partial charge in [-0.25, -0.2) is 19.2 Å². The van der Waals surface area contributed by atoms with Gasteiger partial charge in [-0.1, -0.05) is 113 Å². The molecule has 0 aliphatic heterocycles. The molecule has 12 N–H and O–H groups in total. The molecule has 0 aromatic heterocycles. The fourth-order valence-corrected chi connectivity index (χ4v) is 8.60. The van der Waals surface area contributed by atoms with Crippen LogP contribution in [-0.2, 0) is 38.5 Å². The van der Waals surface area contributed by atoms with E-state index in [9.17, 15) is 70.2 Å². The maximum absolute atomic E-state index is 11.6. The van der Waals surface area contributed by atoms with Gasteiger partial charge in [0.1, 0.15) is 68.2 Å². The van der Waals surface area contributed by atoms with Gasteiger partial charge in [0.2, 0.25) is 0 Å². The summed E-state index contributed by atoms with van der Waals surface area (Å²) in [6, 6.07) is 7.82. The van der Waals surface area contributed by atoms with Crippen molar-refractivity contribution in [2.24, 2.45) is 0 Å². The highest BCUT2D eigenvalue weighted by molar-refractivity contribution is 5.95. The summed E-state index contributed by atoms with van der Waals surface area (Å²) in [7, 11) is 0. The molecule has 0 saturated carbocycles. The molecule has 0 heterocycles. The lowest BCUT2D eigenvalue weighted by Gasteiger charge is -2.14. The number of carboxylic acids is 4. The maximum atomic E-state index is 11.6. The number of benzene rings is 4. The van der Waals surface area contributed by atoms with E-state index in [1.807, 2.05) is 39.8 Å². The van der Waals surface area contributed by atoms with Crippen molar-refractivity contribution < 1.29 is 80.5 Å². The summed E-state index contributed by atoms with van der Waals surface area (Å²) in [5, 5.41) is 115. The number of phenols is 8. The zero-order valence-corrected chi connectivity index (χ0v) is 48.5. The van der Waals surface area contributed by atoms with Gasteiger partial charge >= 0.3 is 23.9 Å². The summed E-state index contributed by atoms with van der Waals surface area (Å²) >= 11 is 0. The number of hydrogen-bond acceptors (Lipinski definition) is 12. The Morgan fingerprint density at radius 3 is 0.988 bits per heavy atom. The van der Waals surface area contributed by atoms with Gasteiger partial charge in [0.05, 0.1) is 0 Å². The molecule has 0 unspecified atom stereocenters. The normalized spacial score (nSPS) is 11.0. The van der Waals surface area contributed by atoms with E-state index in [0.29, 0.717) is 60.8 Å². The van der Waals surface area contributed by atoms with Crippen LogP contribution in [0.15, 0.2) is 83.0 Å². The molecule has 4 rings (SSSR count). The van der Waals surface area contributed by atoms with Crippen molar-refractivity contribution >= 4 is 23.9 Å². The molecule has 440 valence electrons. The first-order valence-corrected chi connectivity index (χ1v) is 27.4. The number of carboxylic acid groups (broad SMARTS) is 4. The van der Waals surface area contributed by atoms with E-state index in [4.69, 9.17) is 10.2 Å². The van der Waals surface area contributed by atoms with Crippen LogP contribution in [-0.4, -0.2) is 85.2 Å². The third-order valence-corrected chi connectivity index (χ3v) is 12.8. The van der Waals surface area contributed by atoms with Gasteiger partial charge < -0.3 is 61.3 Å². The highest BCUT2D eigenvalue weighted by Gasteiger charge is 2.23. The third-order valence-electron chi connectivity index (χ3n) is 12.8. The molecule has 16 heteroatoms. The zero-order valence-electron chi connectivity index (χ0n) is 48.5. The van der Waals surface area contributed by atoms with Gasteiger partial charge in [-0.2, -0.15) is 0 Å². The van der Waals surface area contributed by atoms with Crippen LogP contribution < -0.4 is 0 Å². The number of hydrogen-bond donors (Lipinski definition) is 12. The lowest BCUT2D eigenvalue weighted by Crippen LogP contribution is -2.05. The van der Waals surface area contributed by atoms with Crippen molar-refractivity contribution in [2.75, 3.05) is 0 Å². The minimum absolute atomic E-state index is 0.0349. The average molecular weight is 1110 g/mol. The second-order valence-electron chi connectivity index (χ2n) is 20.3. The van der Waals surface area contributed by atoms with Crippen LogP contribution in [0.2, 0.25) is 0 Å². The highest BCUT2D eigenvalue weighted by Crippen LogP contribution is 2.37. The number of unbranched alkanes of at least 4 members (excludes halogenated alkanes) is 4. The van der Waals surface area contributed by atoms with Crippen LogP contribution in [0, 0.1) is 0 Å². The maximum Gasteiger partial charge on any atom is 0.339 e. The summed E-state index contributed by atoms with van der Waals surface area (Å²) < 4.78 is 0. The molecule has 0 atom stereocenters. The Kier molecular flexibility index (Phi) is 31.8. The molecular formula is C64H88O16. The summed E-state index contributed by atoms with van der Waals surface area (Å²) in [5.74, 6) is -6.35. The van der Waals surface area contributed by atoms with Crippen LogP contribution in [0.1, 0.15) is 221 Å². The molecule has 0 radical (unpaired) electrons. The lowest BCUT2D eigenvalue weighted by atomic mass is 9.95. The first-order valence-electron chi connectivity index (χ1n) is 27.4. The summed E-state index contributed by atoms with van der Waals surface area (Å²) in [5.41, 5.74) is 6.89. The largest absolute Gasteiger partial charge is 0.508 e. The summed E-state index contributed by atoms with van der Waals surface area (Å²) in [6.07, 6.45) is 21.8. The predicted octanol–water partition coefficient (Wildman–Crippen LogP) is 15.0. The third kappa shape index (κ3) is 24.0. The lowest BCUT2D eigenvalue weighted by molar-refractivity contribution is 0.0680. The van der Waals surface area contributed by atoms with E-state index in [2.05, 4.69) is 53.7 Å². The number of aryl methyl sites for hydroxylation is 4.